The number of rotatable bonds is 3. The van der Waals surface area contributed by atoms with E-state index in [-0.39, 0.29) is 11.8 Å². The van der Waals surface area contributed by atoms with Crippen molar-refractivity contribution in [3.05, 3.63) is 35.9 Å². The van der Waals surface area contributed by atoms with Gasteiger partial charge in [-0.05, 0) is 5.56 Å². The summed E-state index contributed by atoms with van der Waals surface area (Å²) in [6.45, 7) is 1.31. The number of carbonyl (C=O) groups excluding carboxylic acids is 1. The highest BCUT2D eigenvalue weighted by Gasteiger charge is 2.33. The minimum atomic E-state index is -0.454. The Morgan fingerprint density at radius 2 is 2.00 bits per heavy atom. The zero-order valence-electron chi connectivity index (χ0n) is 8.77. The van der Waals surface area contributed by atoms with E-state index < -0.39 is 4.84 Å². The fourth-order valence-corrected chi connectivity index (χ4v) is 2.27. The number of hydrogen-bond donors (Lipinski definition) is 0. The molecule has 1 amide bonds. The number of carbonyl (C=O) groups is 1. The second-order valence-electron chi connectivity index (χ2n) is 4.06. The molecule has 16 heavy (non-hydrogen) atoms. The molecule has 0 spiro atoms. The fourth-order valence-electron chi connectivity index (χ4n) is 1.93. The van der Waals surface area contributed by atoms with Gasteiger partial charge in [0.2, 0.25) is 5.91 Å². The lowest BCUT2D eigenvalue weighted by Gasteiger charge is -2.16. The van der Waals surface area contributed by atoms with Crippen LogP contribution in [0.3, 0.4) is 0 Å². The average Bonchev–Trinajstić information content (AvgIpc) is 2.62. The summed E-state index contributed by atoms with van der Waals surface area (Å²) in [7, 11) is 0. The zero-order valence-corrected chi connectivity index (χ0v) is 10.3. The number of hydrogen-bond acceptors (Lipinski definition) is 1. The van der Waals surface area contributed by atoms with E-state index in [9.17, 15) is 4.79 Å². The quantitative estimate of drug-likeness (QED) is 0.763. The molecule has 0 N–H and O–H groups in total. The molecule has 0 aliphatic carbocycles. The van der Waals surface area contributed by atoms with E-state index in [1.165, 1.54) is 0 Å². The van der Waals surface area contributed by atoms with E-state index in [2.05, 4.69) is 0 Å². The summed E-state index contributed by atoms with van der Waals surface area (Å²) in [5, 5.41) is 0. The molecular weight excluding hydrogens is 245 g/mol. The normalized spacial score (nSPS) is 20.8. The van der Waals surface area contributed by atoms with E-state index in [0.717, 1.165) is 5.56 Å². The molecule has 4 heteroatoms. The summed E-state index contributed by atoms with van der Waals surface area (Å²) in [4.78, 5) is 13.1. The molecule has 1 fully saturated rings. The van der Waals surface area contributed by atoms with Crippen LogP contribution in [0, 0.1) is 5.92 Å². The first-order valence-electron chi connectivity index (χ1n) is 5.26. The first kappa shape index (κ1) is 11.7. The summed E-state index contributed by atoms with van der Waals surface area (Å²) >= 11 is 11.6. The largest absolute Gasteiger partial charge is 0.338 e. The lowest BCUT2D eigenvalue weighted by molar-refractivity contribution is -0.128. The Kier molecular flexibility index (Phi) is 3.72. The van der Waals surface area contributed by atoms with Crippen molar-refractivity contribution in [1.29, 1.82) is 0 Å². The van der Waals surface area contributed by atoms with Crippen molar-refractivity contribution in [1.82, 2.24) is 4.90 Å². The molecule has 1 heterocycles. The highest BCUT2D eigenvalue weighted by Crippen LogP contribution is 2.27. The third-order valence-corrected chi connectivity index (χ3v) is 3.53. The number of benzene rings is 1. The van der Waals surface area contributed by atoms with Crippen LogP contribution in [0.25, 0.3) is 0 Å². The van der Waals surface area contributed by atoms with Gasteiger partial charge in [0.15, 0.2) is 0 Å². The topological polar surface area (TPSA) is 20.3 Å². The van der Waals surface area contributed by atoms with E-state index in [1.54, 1.807) is 0 Å². The first-order chi connectivity index (χ1) is 7.66. The van der Waals surface area contributed by atoms with Gasteiger partial charge in [0.25, 0.3) is 0 Å². The van der Waals surface area contributed by atoms with E-state index >= 15 is 0 Å². The minimum Gasteiger partial charge on any atom is -0.338 e. The van der Waals surface area contributed by atoms with Gasteiger partial charge in [-0.15, -0.1) is 23.2 Å². The first-order valence-corrected chi connectivity index (χ1v) is 6.14. The molecule has 1 atom stereocenters. The highest BCUT2D eigenvalue weighted by atomic mass is 35.5. The summed E-state index contributed by atoms with van der Waals surface area (Å²) in [5.74, 6) is 0.208. The van der Waals surface area contributed by atoms with Gasteiger partial charge in [-0.3, -0.25) is 4.79 Å². The van der Waals surface area contributed by atoms with Gasteiger partial charge in [0, 0.05) is 25.4 Å². The summed E-state index contributed by atoms with van der Waals surface area (Å²) < 4.78 is 0. The van der Waals surface area contributed by atoms with E-state index in [0.29, 0.717) is 19.5 Å². The minimum absolute atomic E-state index is 0.0690. The predicted molar refractivity (Wildman–Crippen MR) is 65.5 cm³/mol. The summed E-state index contributed by atoms with van der Waals surface area (Å²) in [5.41, 5.74) is 1.14. The van der Waals surface area contributed by atoms with Crippen molar-refractivity contribution < 1.29 is 4.79 Å². The zero-order chi connectivity index (χ0) is 11.5. The van der Waals surface area contributed by atoms with Crippen LogP contribution in [0.15, 0.2) is 30.3 Å². The maximum absolute atomic E-state index is 11.7. The van der Waals surface area contributed by atoms with Crippen molar-refractivity contribution in [2.75, 3.05) is 6.54 Å². The highest BCUT2D eigenvalue weighted by molar-refractivity contribution is 6.44. The standard InChI is InChI=1S/C12H13Cl2NO/c13-12(14)10-6-11(16)15(8-10)7-9-4-2-1-3-5-9/h1-5,10,12H,6-8H2. The van der Waals surface area contributed by atoms with Gasteiger partial charge in [0.1, 0.15) is 4.84 Å². The van der Waals surface area contributed by atoms with Gasteiger partial charge in [-0.1, -0.05) is 30.3 Å². The van der Waals surface area contributed by atoms with E-state index in [1.807, 2.05) is 35.2 Å². The maximum Gasteiger partial charge on any atom is 0.223 e. The fraction of sp³-hybridized carbons (Fsp3) is 0.417. The molecule has 2 nitrogen and oxygen atoms in total. The van der Waals surface area contributed by atoms with Gasteiger partial charge in [-0.25, -0.2) is 0 Å². The second-order valence-corrected chi connectivity index (χ2v) is 5.22. The molecule has 1 aromatic rings. The Labute approximate surface area is 105 Å². The van der Waals surface area contributed by atoms with Crippen molar-refractivity contribution in [3.8, 4) is 0 Å². The Balaban J connectivity index is 1.99. The second kappa shape index (κ2) is 5.07. The van der Waals surface area contributed by atoms with Crippen molar-refractivity contribution in [2.45, 2.75) is 17.8 Å². The molecule has 1 aromatic carbocycles. The van der Waals surface area contributed by atoms with Gasteiger partial charge < -0.3 is 4.90 Å². The Morgan fingerprint density at radius 1 is 1.31 bits per heavy atom. The SMILES string of the molecule is O=C1CC(C(Cl)Cl)CN1Cc1ccccc1. The van der Waals surface area contributed by atoms with Crippen LogP contribution in [-0.2, 0) is 11.3 Å². The molecule has 0 saturated carbocycles. The molecule has 86 valence electrons. The van der Waals surface area contributed by atoms with Crippen LogP contribution >= 0.6 is 23.2 Å². The molecule has 1 aliphatic rings. The summed E-state index contributed by atoms with van der Waals surface area (Å²) in [6.07, 6.45) is 0.463. The number of amides is 1. The Hall–Kier alpha value is -0.730. The molecule has 1 unspecified atom stereocenters. The van der Waals surface area contributed by atoms with Gasteiger partial charge >= 0.3 is 0 Å². The maximum atomic E-state index is 11.7. The number of halogens is 2. The van der Waals surface area contributed by atoms with Crippen LogP contribution in [0.4, 0.5) is 0 Å². The molecular formula is C12H13Cl2NO. The molecule has 0 radical (unpaired) electrons. The number of likely N-dealkylation sites (tertiary alicyclic amines) is 1. The molecule has 0 bridgehead atoms. The molecule has 1 aliphatic heterocycles. The third-order valence-electron chi connectivity index (χ3n) is 2.82. The van der Waals surface area contributed by atoms with Crippen LogP contribution < -0.4 is 0 Å². The van der Waals surface area contributed by atoms with Crippen LogP contribution in [0.2, 0.25) is 0 Å². The van der Waals surface area contributed by atoms with Crippen LogP contribution in [0.5, 0.6) is 0 Å². The van der Waals surface area contributed by atoms with E-state index in [4.69, 9.17) is 23.2 Å². The Morgan fingerprint density at radius 3 is 2.56 bits per heavy atom. The molecule has 0 aromatic heterocycles. The lowest BCUT2D eigenvalue weighted by Crippen LogP contribution is -2.25. The number of nitrogens with zero attached hydrogens (tertiary/aromatic N) is 1. The van der Waals surface area contributed by atoms with Gasteiger partial charge in [-0.2, -0.15) is 0 Å². The predicted octanol–water partition coefficient (Wildman–Crippen LogP) is 2.84. The Bertz CT molecular complexity index is 367. The summed E-state index contributed by atoms with van der Waals surface area (Å²) in [6, 6.07) is 9.93. The third kappa shape index (κ3) is 2.69. The van der Waals surface area contributed by atoms with Crippen molar-refractivity contribution in [3.63, 3.8) is 0 Å². The van der Waals surface area contributed by atoms with Crippen molar-refractivity contribution in [2.24, 2.45) is 5.92 Å². The smallest absolute Gasteiger partial charge is 0.223 e. The molecule has 2 rings (SSSR count). The lowest BCUT2D eigenvalue weighted by atomic mass is 10.1. The van der Waals surface area contributed by atoms with Crippen molar-refractivity contribution >= 4 is 29.1 Å². The number of alkyl halides is 2. The monoisotopic (exact) mass is 257 g/mol. The van der Waals surface area contributed by atoms with Crippen LogP contribution in [-0.4, -0.2) is 22.2 Å². The molecule has 1 saturated heterocycles. The average molecular weight is 258 g/mol. The van der Waals surface area contributed by atoms with Crippen LogP contribution in [0.1, 0.15) is 12.0 Å². The van der Waals surface area contributed by atoms with Gasteiger partial charge in [0.05, 0.1) is 0 Å².